The molecule has 0 aromatic carbocycles. The summed E-state index contributed by atoms with van der Waals surface area (Å²) in [6.07, 6.45) is 3.03. The van der Waals surface area contributed by atoms with E-state index < -0.39 is 66.8 Å². The number of aliphatic hydroxyl groups excluding tert-OH is 1. The van der Waals surface area contributed by atoms with Crippen molar-refractivity contribution in [3.8, 4) is 0 Å². The Balaban J connectivity index is 2.12. The molecule has 2 heterocycles. The molecule has 4 atom stereocenters. The van der Waals surface area contributed by atoms with Gasteiger partial charge in [0.1, 0.15) is 18.1 Å². The lowest BCUT2D eigenvalue weighted by Gasteiger charge is -2.28. The molecule has 1 aliphatic heterocycles. The van der Waals surface area contributed by atoms with E-state index in [2.05, 4.69) is 20.6 Å². The van der Waals surface area contributed by atoms with Crippen LogP contribution in [0.25, 0.3) is 0 Å². The standard InChI is InChI=1S/C18H27N7O7/c19-10(5-14(20)27)15(28)23-11(4-9-6-21-8-22-9)16(29)24-12(7-26)17(30)25-3-1-2-13(25)18(31)32/h6,8,10-13,26H,1-5,7,19H2,(H2,20,27)(H,21,22)(H,23,28)(H,24,29)(H,31,32). The number of aromatic nitrogens is 2. The highest BCUT2D eigenvalue weighted by Crippen LogP contribution is 2.18. The molecule has 14 heteroatoms. The van der Waals surface area contributed by atoms with Gasteiger partial charge in [0, 0.05) is 24.9 Å². The quantitative estimate of drug-likeness (QED) is 0.174. The fourth-order valence-electron chi connectivity index (χ4n) is 3.36. The minimum absolute atomic E-state index is 0.0608. The molecular formula is C18H27N7O7. The van der Waals surface area contributed by atoms with Gasteiger partial charge in [-0.25, -0.2) is 9.78 Å². The SMILES string of the molecule is NC(=O)CC(N)C(=O)NC(Cc1cnc[nH]1)C(=O)NC(CO)C(=O)N1CCCC1C(=O)O. The summed E-state index contributed by atoms with van der Waals surface area (Å²) in [4.78, 5) is 67.9. The van der Waals surface area contributed by atoms with E-state index in [1.165, 1.54) is 12.5 Å². The molecular weight excluding hydrogens is 426 g/mol. The maximum atomic E-state index is 12.9. The first-order valence-corrected chi connectivity index (χ1v) is 9.90. The molecule has 1 aliphatic rings. The Morgan fingerprint density at radius 3 is 2.47 bits per heavy atom. The van der Waals surface area contributed by atoms with Gasteiger partial charge in [-0.1, -0.05) is 0 Å². The summed E-state index contributed by atoms with van der Waals surface area (Å²) in [6, 6.07) is -4.98. The van der Waals surface area contributed by atoms with E-state index in [0.717, 1.165) is 4.90 Å². The number of hydrogen-bond acceptors (Lipinski definition) is 8. The number of rotatable bonds is 11. The minimum Gasteiger partial charge on any atom is -0.480 e. The topological polar surface area (TPSA) is 234 Å². The second kappa shape index (κ2) is 11.2. The average molecular weight is 453 g/mol. The molecule has 0 bridgehead atoms. The van der Waals surface area contributed by atoms with Crippen molar-refractivity contribution in [3.05, 3.63) is 18.2 Å². The normalized spacial score (nSPS) is 18.4. The number of nitrogens with one attached hydrogen (secondary N) is 3. The zero-order chi connectivity index (χ0) is 23.8. The molecule has 2 rings (SSSR count). The first-order chi connectivity index (χ1) is 15.1. The highest BCUT2D eigenvalue weighted by atomic mass is 16.4. The number of H-pyrrole nitrogens is 1. The van der Waals surface area contributed by atoms with Crippen LogP contribution in [-0.2, 0) is 30.4 Å². The van der Waals surface area contributed by atoms with Crippen molar-refractivity contribution in [2.75, 3.05) is 13.2 Å². The van der Waals surface area contributed by atoms with E-state index in [0.29, 0.717) is 12.1 Å². The molecule has 0 saturated carbocycles. The summed E-state index contributed by atoms with van der Waals surface area (Å²) < 4.78 is 0. The zero-order valence-electron chi connectivity index (χ0n) is 17.2. The van der Waals surface area contributed by atoms with E-state index in [-0.39, 0.29) is 19.4 Å². The highest BCUT2D eigenvalue weighted by Gasteiger charge is 2.38. The van der Waals surface area contributed by atoms with Crippen molar-refractivity contribution < 1.29 is 34.2 Å². The van der Waals surface area contributed by atoms with E-state index >= 15 is 0 Å². The molecule has 4 amide bonds. The zero-order valence-corrected chi connectivity index (χ0v) is 17.2. The van der Waals surface area contributed by atoms with Gasteiger partial charge in [0.15, 0.2) is 0 Å². The number of carbonyl (C=O) groups excluding carboxylic acids is 4. The third-order valence-electron chi connectivity index (χ3n) is 4.99. The van der Waals surface area contributed by atoms with Crippen LogP contribution in [0.5, 0.6) is 0 Å². The van der Waals surface area contributed by atoms with Gasteiger partial charge in [-0.05, 0) is 12.8 Å². The maximum absolute atomic E-state index is 12.9. The van der Waals surface area contributed by atoms with Gasteiger partial charge in [0.2, 0.25) is 23.6 Å². The number of nitrogens with two attached hydrogens (primary N) is 2. The van der Waals surface area contributed by atoms with Crippen molar-refractivity contribution in [1.82, 2.24) is 25.5 Å². The van der Waals surface area contributed by atoms with Crippen LogP contribution in [0, 0.1) is 0 Å². The van der Waals surface area contributed by atoms with E-state index in [9.17, 15) is 34.2 Å². The van der Waals surface area contributed by atoms with Gasteiger partial charge in [-0.2, -0.15) is 0 Å². The fraction of sp³-hybridized carbons (Fsp3) is 0.556. The summed E-state index contributed by atoms with van der Waals surface area (Å²) in [5, 5.41) is 23.7. The Bertz CT molecular complexity index is 845. The largest absolute Gasteiger partial charge is 0.480 e. The number of carboxylic acids is 1. The van der Waals surface area contributed by atoms with Gasteiger partial charge < -0.3 is 42.2 Å². The molecule has 32 heavy (non-hydrogen) atoms. The summed E-state index contributed by atoms with van der Waals surface area (Å²) in [5.74, 6) is -4.36. The Labute approximate surface area is 182 Å². The molecule has 0 radical (unpaired) electrons. The average Bonchev–Trinajstić information content (AvgIpc) is 3.42. The smallest absolute Gasteiger partial charge is 0.326 e. The van der Waals surface area contributed by atoms with Crippen LogP contribution >= 0.6 is 0 Å². The van der Waals surface area contributed by atoms with E-state index in [1.807, 2.05) is 0 Å². The molecule has 1 aromatic heterocycles. The second-order valence-corrected chi connectivity index (χ2v) is 7.39. The molecule has 14 nitrogen and oxygen atoms in total. The number of carboxylic acid groups (broad SMARTS) is 1. The van der Waals surface area contributed by atoms with Crippen molar-refractivity contribution in [2.24, 2.45) is 11.5 Å². The molecule has 176 valence electrons. The Kier molecular flexibility index (Phi) is 8.66. The minimum atomic E-state index is -1.41. The molecule has 9 N–H and O–H groups in total. The number of amides is 4. The lowest BCUT2D eigenvalue weighted by Crippen LogP contribution is -2.58. The molecule has 0 spiro atoms. The van der Waals surface area contributed by atoms with E-state index in [1.54, 1.807) is 0 Å². The summed E-state index contributed by atoms with van der Waals surface area (Å²) in [5.41, 5.74) is 11.1. The van der Waals surface area contributed by atoms with Crippen LogP contribution in [0.4, 0.5) is 0 Å². The van der Waals surface area contributed by atoms with Gasteiger partial charge >= 0.3 is 5.97 Å². The first-order valence-electron chi connectivity index (χ1n) is 9.90. The van der Waals surface area contributed by atoms with E-state index in [4.69, 9.17) is 11.5 Å². The number of imidazole rings is 1. The number of nitrogens with zero attached hydrogens (tertiary/aromatic N) is 2. The highest BCUT2D eigenvalue weighted by molar-refractivity contribution is 5.95. The molecule has 1 aromatic rings. The van der Waals surface area contributed by atoms with Gasteiger partial charge in [0.05, 0.1) is 25.4 Å². The number of aromatic amines is 1. The predicted molar refractivity (Wildman–Crippen MR) is 107 cm³/mol. The lowest BCUT2D eigenvalue weighted by molar-refractivity contribution is -0.150. The predicted octanol–water partition coefficient (Wildman–Crippen LogP) is -3.81. The Hall–Kier alpha value is -3.52. The van der Waals surface area contributed by atoms with Crippen LogP contribution in [-0.4, -0.2) is 92.0 Å². The molecule has 1 saturated heterocycles. The first kappa shape index (κ1) is 24.7. The molecule has 0 aliphatic carbocycles. The number of carbonyl (C=O) groups is 5. The van der Waals surface area contributed by atoms with Gasteiger partial charge in [-0.15, -0.1) is 0 Å². The number of primary amides is 1. The van der Waals surface area contributed by atoms with Crippen molar-refractivity contribution in [1.29, 1.82) is 0 Å². The van der Waals surface area contributed by atoms with Gasteiger partial charge in [-0.3, -0.25) is 19.2 Å². The van der Waals surface area contributed by atoms with Crippen molar-refractivity contribution >= 4 is 29.6 Å². The number of hydrogen-bond donors (Lipinski definition) is 7. The number of likely N-dealkylation sites (tertiary alicyclic amines) is 1. The summed E-state index contributed by atoms with van der Waals surface area (Å²) >= 11 is 0. The maximum Gasteiger partial charge on any atom is 0.326 e. The lowest BCUT2D eigenvalue weighted by atomic mass is 10.1. The third kappa shape index (κ3) is 6.49. The molecule has 4 unspecified atom stereocenters. The second-order valence-electron chi connectivity index (χ2n) is 7.39. The van der Waals surface area contributed by atoms with Crippen LogP contribution in [0.1, 0.15) is 25.0 Å². The number of aliphatic hydroxyl groups is 1. The number of aliphatic carboxylic acids is 1. The van der Waals surface area contributed by atoms with Crippen LogP contribution in [0.15, 0.2) is 12.5 Å². The Morgan fingerprint density at radius 1 is 1.22 bits per heavy atom. The van der Waals surface area contributed by atoms with Crippen molar-refractivity contribution in [2.45, 2.75) is 49.9 Å². The van der Waals surface area contributed by atoms with Crippen LogP contribution < -0.4 is 22.1 Å². The third-order valence-corrected chi connectivity index (χ3v) is 4.99. The van der Waals surface area contributed by atoms with Gasteiger partial charge in [0.25, 0.3) is 0 Å². The van der Waals surface area contributed by atoms with Crippen molar-refractivity contribution in [3.63, 3.8) is 0 Å². The summed E-state index contributed by atoms with van der Waals surface area (Å²) in [6.45, 7) is -0.599. The van der Waals surface area contributed by atoms with Crippen LogP contribution in [0.3, 0.4) is 0 Å². The van der Waals surface area contributed by atoms with Crippen LogP contribution in [0.2, 0.25) is 0 Å². The monoisotopic (exact) mass is 453 g/mol. The summed E-state index contributed by atoms with van der Waals surface area (Å²) in [7, 11) is 0. The molecule has 1 fully saturated rings. The Morgan fingerprint density at radius 2 is 1.91 bits per heavy atom. The fourth-order valence-corrected chi connectivity index (χ4v) is 3.36.